The minimum Gasteiger partial charge on any atom is -0.466 e. The summed E-state index contributed by atoms with van der Waals surface area (Å²) in [5, 5.41) is 0. The molecule has 21 heavy (non-hydrogen) atoms. The molecule has 0 fully saturated rings. The van der Waals surface area contributed by atoms with Crippen molar-refractivity contribution in [2.45, 2.75) is 39.2 Å². The SMILES string of the molecule is CCCC(CC(=O)OCC)OC(=O)C=Cc1ccccc1. The molecule has 1 unspecified atom stereocenters. The Morgan fingerprint density at radius 3 is 2.52 bits per heavy atom. The van der Waals surface area contributed by atoms with Gasteiger partial charge in [0.25, 0.3) is 0 Å². The van der Waals surface area contributed by atoms with Crippen LogP contribution >= 0.6 is 0 Å². The van der Waals surface area contributed by atoms with Crippen LogP contribution < -0.4 is 0 Å². The van der Waals surface area contributed by atoms with Crippen molar-refractivity contribution in [3.8, 4) is 0 Å². The summed E-state index contributed by atoms with van der Waals surface area (Å²) in [5.74, 6) is -0.780. The molecule has 0 saturated carbocycles. The quantitative estimate of drug-likeness (QED) is 0.544. The Balaban J connectivity index is 2.52. The van der Waals surface area contributed by atoms with Gasteiger partial charge in [0.15, 0.2) is 0 Å². The zero-order valence-electron chi connectivity index (χ0n) is 12.6. The van der Waals surface area contributed by atoms with E-state index >= 15 is 0 Å². The summed E-state index contributed by atoms with van der Waals surface area (Å²) in [6.07, 6.45) is 4.22. The van der Waals surface area contributed by atoms with Crippen LogP contribution in [0.15, 0.2) is 36.4 Å². The number of ether oxygens (including phenoxy) is 2. The van der Waals surface area contributed by atoms with Crippen molar-refractivity contribution in [3.63, 3.8) is 0 Å². The first-order valence-electron chi connectivity index (χ1n) is 7.25. The highest BCUT2D eigenvalue weighted by Crippen LogP contribution is 2.10. The van der Waals surface area contributed by atoms with E-state index in [1.165, 1.54) is 6.08 Å². The zero-order chi connectivity index (χ0) is 15.5. The van der Waals surface area contributed by atoms with E-state index < -0.39 is 12.1 Å². The molecule has 0 aliphatic rings. The second-order valence-corrected chi connectivity index (χ2v) is 4.60. The molecule has 0 aliphatic heterocycles. The Bertz CT molecular complexity index is 465. The van der Waals surface area contributed by atoms with Crippen LogP contribution in [0, 0.1) is 0 Å². The summed E-state index contributed by atoms with van der Waals surface area (Å²) in [6.45, 7) is 4.06. The normalized spacial score (nSPS) is 12.1. The molecule has 4 heteroatoms. The van der Waals surface area contributed by atoms with Gasteiger partial charge in [0.1, 0.15) is 6.10 Å². The van der Waals surface area contributed by atoms with E-state index in [1.807, 2.05) is 37.3 Å². The molecule has 1 aromatic rings. The molecule has 0 radical (unpaired) electrons. The number of carbonyl (C=O) groups excluding carboxylic acids is 2. The Labute approximate surface area is 125 Å². The van der Waals surface area contributed by atoms with Gasteiger partial charge in [-0.2, -0.15) is 0 Å². The smallest absolute Gasteiger partial charge is 0.331 e. The lowest BCUT2D eigenvalue weighted by Crippen LogP contribution is -2.22. The highest BCUT2D eigenvalue weighted by Gasteiger charge is 2.17. The van der Waals surface area contributed by atoms with E-state index in [2.05, 4.69) is 0 Å². The Morgan fingerprint density at radius 2 is 1.90 bits per heavy atom. The fourth-order valence-corrected chi connectivity index (χ4v) is 1.86. The first kappa shape index (κ1) is 17.0. The van der Waals surface area contributed by atoms with Crippen LogP contribution in [-0.2, 0) is 19.1 Å². The van der Waals surface area contributed by atoms with Gasteiger partial charge in [-0.3, -0.25) is 4.79 Å². The van der Waals surface area contributed by atoms with E-state index in [0.29, 0.717) is 13.0 Å². The lowest BCUT2D eigenvalue weighted by molar-refractivity contribution is -0.151. The Hall–Kier alpha value is -2.10. The van der Waals surface area contributed by atoms with Crippen molar-refractivity contribution in [2.75, 3.05) is 6.61 Å². The van der Waals surface area contributed by atoms with Crippen LogP contribution in [0.4, 0.5) is 0 Å². The van der Waals surface area contributed by atoms with Crippen LogP contribution in [0.2, 0.25) is 0 Å². The maximum Gasteiger partial charge on any atom is 0.331 e. The van der Waals surface area contributed by atoms with Crippen LogP contribution in [0.25, 0.3) is 6.08 Å². The summed E-state index contributed by atoms with van der Waals surface area (Å²) in [6, 6.07) is 9.49. The number of esters is 2. The maximum absolute atomic E-state index is 11.8. The molecule has 0 N–H and O–H groups in total. The van der Waals surface area contributed by atoms with Gasteiger partial charge in [-0.05, 0) is 25.0 Å². The summed E-state index contributed by atoms with van der Waals surface area (Å²) in [5.41, 5.74) is 0.923. The fraction of sp³-hybridized carbons (Fsp3) is 0.412. The van der Waals surface area contributed by atoms with Crippen molar-refractivity contribution >= 4 is 18.0 Å². The van der Waals surface area contributed by atoms with Gasteiger partial charge in [0, 0.05) is 6.08 Å². The molecule has 0 aromatic heterocycles. The van der Waals surface area contributed by atoms with Crippen LogP contribution in [0.3, 0.4) is 0 Å². The third kappa shape index (κ3) is 7.30. The first-order chi connectivity index (χ1) is 10.2. The van der Waals surface area contributed by atoms with E-state index in [9.17, 15) is 9.59 Å². The van der Waals surface area contributed by atoms with Gasteiger partial charge in [0.05, 0.1) is 13.0 Å². The minimum absolute atomic E-state index is 0.104. The summed E-state index contributed by atoms with van der Waals surface area (Å²) in [7, 11) is 0. The monoisotopic (exact) mass is 290 g/mol. The van der Waals surface area contributed by atoms with Crippen molar-refractivity contribution in [1.29, 1.82) is 0 Å². The summed E-state index contributed by atoms with van der Waals surface area (Å²) < 4.78 is 10.2. The highest BCUT2D eigenvalue weighted by atomic mass is 16.6. The molecule has 0 bridgehead atoms. The van der Waals surface area contributed by atoms with Crippen molar-refractivity contribution < 1.29 is 19.1 Å². The molecule has 0 saturated heterocycles. The van der Waals surface area contributed by atoms with E-state index in [4.69, 9.17) is 9.47 Å². The zero-order valence-corrected chi connectivity index (χ0v) is 12.6. The van der Waals surface area contributed by atoms with Gasteiger partial charge < -0.3 is 9.47 Å². The minimum atomic E-state index is -0.443. The molecule has 1 aromatic carbocycles. The molecule has 1 rings (SSSR count). The lowest BCUT2D eigenvalue weighted by Gasteiger charge is -2.15. The largest absolute Gasteiger partial charge is 0.466 e. The molecule has 0 aliphatic carbocycles. The van der Waals surface area contributed by atoms with Crippen molar-refractivity contribution in [2.24, 2.45) is 0 Å². The van der Waals surface area contributed by atoms with Gasteiger partial charge in [0.2, 0.25) is 0 Å². The molecule has 114 valence electrons. The fourth-order valence-electron chi connectivity index (χ4n) is 1.86. The number of carbonyl (C=O) groups is 2. The van der Waals surface area contributed by atoms with Gasteiger partial charge in [-0.15, -0.1) is 0 Å². The van der Waals surface area contributed by atoms with Gasteiger partial charge >= 0.3 is 11.9 Å². The molecule has 0 heterocycles. The Kier molecular flexibility index (Phi) is 7.87. The average Bonchev–Trinajstić information content (AvgIpc) is 2.46. The van der Waals surface area contributed by atoms with E-state index in [0.717, 1.165) is 12.0 Å². The van der Waals surface area contributed by atoms with Crippen LogP contribution in [0.5, 0.6) is 0 Å². The lowest BCUT2D eigenvalue weighted by atomic mass is 10.1. The number of hydrogen-bond acceptors (Lipinski definition) is 4. The average molecular weight is 290 g/mol. The number of hydrogen-bond donors (Lipinski definition) is 0. The van der Waals surface area contributed by atoms with Crippen molar-refractivity contribution in [1.82, 2.24) is 0 Å². The summed E-state index contributed by atoms with van der Waals surface area (Å²) in [4.78, 5) is 23.2. The molecule has 1 atom stereocenters. The molecular formula is C17H22O4. The van der Waals surface area contributed by atoms with Crippen LogP contribution in [0.1, 0.15) is 38.7 Å². The third-order valence-corrected chi connectivity index (χ3v) is 2.80. The third-order valence-electron chi connectivity index (χ3n) is 2.80. The van der Waals surface area contributed by atoms with E-state index in [-0.39, 0.29) is 12.4 Å². The predicted octanol–water partition coefficient (Wildman–Crippen LogP) is 3.36. The number of benzene rings is 1. The Morgan fingerprint density at radius 1 is 1.19 bits per heavy atom. The second-order valence-electron chi connectivity index (χ2n) is 4.60. The van der Waals surface area contributed by atoms with Crippen LogP contribution in [-0.4, -0.2) is 24.6 Å². The van der Waals surface area contributed by atoms with Gasteiger partial charge in [-0.25, -0.2) is 4.79 Å². The maximum atomic E-state index is 11.8. The molecule has 0 amide bonds. The highest BCUT2D eigenvalue weighted by molar-refractivity contribution is 5.87. The van der Waals surface area contributed by atoms with Gasteiger partial charge in [-0.1, -0.05) is 43.7 Å². The molecule has 4 nitrogen and oxygen atoms in total. The standard InChI is InChI=1S/C17H22O4/c1-3-8-15(13-17(19)20-4-2)21-16(18)12-11-14-9-6-5-7-10-14/h5-7,9-12,15H,3-4,8,13H2,1-2H3. The molecule has 0 spiro atoms. The second kappa shape index (κ2) is 9.75. The van der Waals surface area contributed by atoms with E-state index in [1.54, 1.807) is 13.0 Å². The molecular weight excluding hydrogens is 268 g/mol. The summed E-state index contributed by atoms with van der Waals surface area (Å²) >= 11 is 0. The predicted molar refractivity (Wildman–Crippen MR) is 81.5 cm³/mol. The number of rotatable bonds is 8. The topological polar surface area (TPSA) is 52.6 Å². The first-order valence-corrected chi connectivity index (χ1v) is 7.25. The van der Waals surface area contributed by atoms with Crippen molar-refractivity contribution in [3.05, 3.63) is 42.0 Å².